The maximum absolute atomic E-state index is 11.5. The topological polar surface area (TPSA) is 107 Å². The highest BCUT2D eigenvalue weighted by Gasteiger charge is 2.13. The molecule has 0 saturated carbocycles. The van der Waals surface area contributed by atoms with Crippen LogP contribution < -0.4 is 5.32 Å². The summed E-state index contributed by atoms with van der Waals surface area (Å²) in [5, 5.41) is 16.5. The lowest BCUT2D eigenvalue weighted by Crippen LogP contribution is -2.16. The normalized spacial score (nSPS) is 10.5. The standard InChI is InChI=1S/C12H10N4O4S/c17-10(15-12-13-7-11(21-12)16(18)19)8-20-14-6-9-4-2-1-3-5-9/h1-7H,8H2,(H,13,15,17). The van der Waals surface area contributed by atoms with E-state index in [1.54, 1.807) is 0 Å². The summed E-state index contributed by atoms with van der Waals surface area (Å²) in [5.74, 6) is -0.496. The van der Waals surface area contributed by atoms with Crippen LogP contribution in [0.25, 0.3) is 0 Å². The third-order valence-corrected chi connectivity index (χ3v) is 3.06. The summed E-state index contributed by atoms with van der Waals surface area (Å²) < 4.78 is 0. The Bertz CT molecular complexity index is 656. The molecule has 1 amide bonds. The predicted octanol–water partition coefficient (Wildman–Crippen LogP) is 2.04. The van der Waals surface area contributed by atoms with Crippen molar-refractivity contribution in [3.8, 4) is 0 Å². The van der Waals surface area contributed by atoms with E-state index in [-0.39, 0.29) is 16.7 Å². The third kappa shape index (κ3) is 4.66. The van der Waals surface area contributed by atoms with E-state index in [1.807, 2.05) is 30.3 Å². The zero-order valence-electron chi connectivity index (χ0n) is 10.6. The number of benzene rings is 1. The number of amides is 1. The molecule has 108 valence electrons. The number of nitro groups is 1. The Hall–Kier alpha value is -2.81. The molecule has 1 aromatic carbocycles. The van der Waals surface area contributed by atoms with Crippen LogP contribution in [0, 0.1) is 10.1 Å². The number of anilines is 1. The van der Waals surface area contributed by atoms with E-state index >= 15 is 0 Å². The number of hydrogen-bond donors (Lipinski definition) is 1. The minimum absolute atomic E-state index is 0.141. The Morgan fingerprint density at radius 3 is 2.90 bits per heavy atom. The van der Waals surface area contributed by atoms with Gasteiger partial charge in [-0.2, -0.15) is 0 Å². The minimum Gasteiger partial charge on any atom is -0.386 e. The summed E-state index contributed by atoms with van der Waals surface area (Å²) in [4.78, 5) is 29.9. The van der Waals surface area contributed by atoms with Gasteiger partial charge in [-0.3, -0.25) is 20.2 Å². The fraction of sp³-hybridized carbons (Fsp3) is 0.0833. The van der Waals surface area contributed by atoms with E-state index in [2.05, 4.69) is 15.5 Å². The van der Waals surface area contributed by atoms with Gasteiger partial charge < -0.3 is 4.84 Å². The summed E-state index contributed by atoms with van der Waals surface area (Å²) in [6, 6.07) is 9.25. The number of thiazole rings is 1. The van der Waals surface area contributed by atoms with Gasteiger partial charge in [0.1, 0.15) is 6.20 Å². The van der Waals surface area contributed by atoms with E-state index in [9.17, 15) is 14.9 Å². The van der Waals surface area contributed by atoms with E-state index in [1.165, 1.54) is 6.21 Å². The fourth-order valence-corrected chi connectivity index (χ4v) is 1.94. The van der Waals surface area contributed by atoms with E-state index in [0.29, 0.717) is 0 Å². The fourth-order valence-electron chi connectivity index (χ4n) is 1.30. The average molecular weight is 306 g/mol. The van der Waals surface area contributed by atoms with Crippen LogP contribution in [0.3, 0.4) is 0 Å². The Morgan fingerprint density at radius 2 is 2.24 bits per heavy atom. The Balaban J connectivity index is 1.77. The molecule has 8 nitrogen and oxygen atoms in total. The number of carbonyl (C=O) groups is 1. The van der Waals surface area contributed by atoms with Gasteiger partial charge in [0, 0.05) is 0 Å². The van der Waals surface area contributed by atoms with Crippen molar-refractivity contribution in [2.75, 3.05) is 11.9 Å². The molecule has 1 heterocycles. The van der Waals surface area contributed by atoms with Crippen LogP contribution in [0.5, 0.6) is 0 Å². The summed E-state index contributed by atoms with van der Waals surface area (Å²) >= 11 is 0.769. The van der Waals surface area contributed by atoms with Crippen LogP contribution >= 0.6 is 11.3 Å². The number of rotatable bonds is 6. The Labute approximate surface area is 123 Å². The lowest BCUT2D eigenvalue weighted by molar-refractivity contribution is -0.380. The first-order valence-corrected chi connectivity index (χ1v) is 6.57. The number of hydrogen-bond acceptors (Lipinski definition) is 7. The Morgan fingerprint density at radius 1 is 1.48 bits per heavy atom. The smallest absolute Gasteiger partial charge is 0.345 e. The molecule has 2 rings (SSSR count). The molecule has 0 saturated heterocycles. The van der Waals surface area contributed by atoms with Gasteiger partial charge in [-0.1, -0.05) is 35.5 Å². The second-order valence-corrected chi connectivity index (χ2v) is 4.74. The third-order valence-electron chi connectivity index (χ3n) is 2.19. The number of aromatic nitrogens is 1. The molecule has 0 aliphatic carbocycles. The first-order valence-electron chi connectivity index (χ1n) is 5.75. The highest BCUT2D eigenvalue weighted by atomic mass is 32.1. The van der Waals surface area contributed by atoms with Crippen molar-refractivity contribution in [1.82, 2.24) is 4.98 Å². The van der Waals surface area contributed by atoms with Crippen LogP contribution in [0.1, 0.15) is 5.56 Å². The van der Waals surface area contributed by atoms with Crippen molar-refractivity contribution in [1.29, 1.82) is 0 Å². The molecule has 0 fully saturated rings. The number of oxime groups is 1. The maximum atomic E-state index is 11.5. The molecule has 1 aromatic heterocycles. The summed E-state index contributed by atoms with van der Waals surface area (Å²) in [5.41, 5.74) is 0.841. The van der Waals surface area contributed by atoms with Crippen molar-refractivity contribution in [2.24, 2.45) is 5.16 Å². The highest BCUT2D eigenvalue weighted by Crippen LogP contribution is 2.24. The van der Waals surface area contributed by atoms with Crippen LogP contribution in [0.4, 0.5) is 10.1 Å². The largest absolute Gasteiger partial charge is 0.386 e. The van der Waals surface area contributed by atoms with Crippen molar-refractivity contribution < 1.29 is 14.6 Å². The summed E-state index contributed by atoms with van der Waals surface area (Å²) in [6.07, 6.45) is 2.55. The molecular formula is C12H10N4O4S. The first-order chi connectivity index (χ1) is 10.1. The molecule has 0 aliphatic heterocycles. The van der Waals surface area contributed by atoms with E-state index in [0.717, 1.165) is 23.1 Å². The predicted molar refractivity (Wildman–Crippen MR) is 77.4 cm³/mol. The van der Waals surface area contributed by atoms with Crippen molar-refractivity contribution in [3.05, 3.63) is 52.2 Å². The van der Waals surface area contributed by atoms with Crippen molar-refractivity contribution in [3.63, 3.8) is 0 Å². The number of nitrogens with one attached hydrogen (secondary N) is 1. The van der Waals surface area contributed by atoms with Gasteiger partial charge in [0.2, 0.25) is 0 Å². The van der Waals surface area contributed by atoms with E-state index in [4.69, 9.17) is 4.84 Å². The molecule has 1 N–H and O–H groups in total. The van der Waals surface area contributed by atoms with Crippen LogP contribution in [0.2, 0.25) is 0 Å². The maximum Gasteiger partial charge on any atom is 0.345 e. The molecule has 0 aliphatic rings. The summed E-state index contributed by atoms with van der Waals surface area (Å²) in [6.45, 7) is -0.309. The highest BCUT2D eigenvalue weighted by molar-refractivity contribution is 7.18. The molecule has 0 bridgehead atoms. The van der Waals surface area contributed by atoms with Crippen LogP contribution in [-0.4, -0.2) is 28.6 Å². The lowest BCUT2D eigenvalue weighted by atomic mass is 10.2. The number of carbonyl (C=O) groups excluding carboxylic acids is 1. The van der Waals surface area contributed by atoms with Gasteiger partial charge in [0.25, 0.3) is 5.91 Å². The monoisotopic (exact) mass is 306 g/mol. The van der Waals surface area contributed by atoms with Gasteiger partial charge in [-0.15, -0.1) is 0 Å². The van der Waals surface area contributed by atoms with Crippen LogP contribution in [0.15, 0.2) is 41.7 Å². The molecule has 9 heteroatoms. The Kier molecular flexibility index (Phi) is 4.94. The SMILES string of the molecule is O=C(CON=Cc1ccccc1)Nc1ncc([N+](=O)[O-])s1. The zero-order chi connectivity index (χ0) is 15.1. The molecule has 0 spiro atoms. The zero-order valence-corrected chi connectivity index (χ0v) is 11.4. The first kappa shape index (κ1) is 14.6. The van der Waals surface area contributed by atoms with Gasteiger partial charge in [-0.05, 0) is 16.9 Å². The van der Waals surface area contributed by atoms with Crippen LogP contribution in [-0.2, 0) is 9.63 Å². The van der Waals surface area contributed by atoms with Crippen molar-refractivity contribution >= 4 is 33.6 Å². The molecular weight excluding hydrogens is 296 g/mol. The van der Waals surface area contributed by atoms with Gasteiger partial charge in [0.15, 0.2) is 11.7 Å². The lowest BCUT2D eigenvalue weighted by Gasteiger charge is -1.99. The average Bonchev–Trinajstić information content (AvgIpc) is 2.93. The molecule has 21 heavy (non-hydrogen) atoms. The molecule has 0 unspecified atom stereocenters. The quantitative estimate of drug-likeness (QED) is 0.499. The molecule has 0 radical (unpaired) electrons. The van der Waals surface area contributed by atoms with Gasteiger partial charge in [0.05, 0.1) is 11.1 Å². The van der Waals surface area contributed by atoms with Crippen molar-refractivity contribution in [2.45, 2.75) is 0 Å². The molecule has 0 atom stereocenters. The number of nitrogens with zero attached hydrogens (tertiary/aromatic N) is 3. The second kappa shape index (κ2) is 7.10. The molecule has 2 aromatic rings. The summed E-state index contributed by atoms with van der Waals surface area (Å²) in [7, 11) is 0. The second-order valence-electron chi connectivity index (χ2n) is 3.73. The minimum atomic E-state index is -0.575. The van der Waals surface area contributed by atoms with E-state index < -0.39 is 10.8 Å². The van der Waals surface area contributed by atoms with Gasteiger partial charge in [-0.25, -0.2) is 4.98 Å². The van der Waals surface area contributed by atoms with Gasteiger partial charge >= 0.3 is 5.00 Å².